The zero-order valence-corrected chi connectivity index (χ0v) is 15.8. The third-order valence-electron chi connectivity index (χ3n) is 3.96. The van der Waals surface area contributed by atoms with Gasteiger partial charge in [-0.15, -0.1) is 0 Å². The Morgan fingerprint density at radius 1 is 1.10 bits per heavy atom. The lowest BCUT2D eigenvalue weighted by Crippen LogP contribution is -2.35. The first-order valence-electron chi connectivity index (χ1n) is 8.66. The van der Waals surface area contributed by atoms with E-state index in [1.54, 1.807) is 24.3 Å². The number of rotatable bonds is 7. The molecular formula is C21H20F3NO4. The number of carbonyl (C=O) groups is 2. The van der Waals surface area contributed by atoms with Crippen molar-refractivity contribution in [2.24, 2.45) is 0 Å². The number of carbonyl (C=O) groups excluding carboxylic acids is 2. The van der Waals surface area contributed by atoms with Gasteiger partial charge in [-0.2, -0.15) is 13.2 Å². The van der Waals surface area contributed by atoms with Crippen LogP contribution >= 0.6 is 0 Å². The summed E-state index contributed by atoms with van der Waals surface area (Å²) in [5.74, 6) is -0.658. The van der Waals surface area contributed by atoms with Crippen molar-refractivity contribution in [1.82, 2.24) is 5.32 Å². The predicted octanol–water partition coefficient (Wildman–Crippen LogP) is 3.98. The highest BCUT2D eigenvalue weighted by molar-refractivity contribution is 5.90. The maximum absolute atomic E-state index is 12.5. The molecule has 0 radical (unpaired) electrons. The lowest BCUT2D eigenvalue weighted by Gasteiger charge is -2.13. The van der Waals surface area contributed by atoms with Gasteiger partial charge in [-0.05, 0) is 36.8 Å². The van der Waals surface area contributed by atoms with Gasteiger partial charge in [0.05, 0.1) is 12.7 Å². The van der Waals surface area contributed by atoms with Crippen LogP contribution in [0.4, 0.5) is 13.2 Å². The van der Waals surface area contributed by atoms with Crippen LogP contribution in [0.25, 0.3) is 6.08 Å². The fourth-order valence-electron chi connectivity index (χ4n) is 2.39. The van der Waals surface area contributed by atoms with Crippen LogP contribution in [0.15, 0.2) is 54.6 Å². The van der Waals surface area contributed by atoms with Crippen LogP contribution < -0.4 is 10.1 Å². The molecule has 29 heavy (non-hydrogen) atoms. The molecule has 0 bridgehead atoms. The molecule has 1 N–H and O–H groups in total. The predicted molar refractivity (Wildman–Crippen MR) is 101 cm³/mol. The van der Waals surface area contributed by atoms with Crippen LogP contribution in [-0.4, -0.2) is 25.1 Å². The highest BCUT2D eigenvalue weighted by Crippen LogP contribution is 2.29. The standard InChI is InChI=1S/C21H20F3NO4/c1-14(20(27)25-13-16-5-3-4-6-18(16)28-2)29-19(26)12-9-15-7-10-17(11-8-15)21(22,23)24/h3-12,14H,13H2,1-2H3,(H,25,27)/b12-9+/t14-/m1/s1. The Hall–Kier alpha value is -3.29. The van der Waals surface area contributed by atoms with Gasteiger partial charge in [0.25, 0.3) is 5.91 Å². The normalized spacial score (nSPS) is 12.4. The van der Waals surface area contributed by atoms with Crippen LogP contribution in [0.3, 0.4) is 0 Å². The molecule has 154 valence electrons. The first-order valence-corrected chi connectivity index (χ1v) is 8.66. The van der Waals surface area contributed by atoms with Crippen LogP contribution in [0.1, 0.15) is 23.6 Å². The molecule has 0 aliphatic heterocycles. The molecule has 8 heteroatoms. The summed E-state index contributed by atoms with van der Waals surface area (Å²) in [6.45, 7) is 1.62. The van der Waals surface area contributed by atoms with Gasteiger partial charge in [-0.3, -0.25) is 4.79 Å². The third-order valence-corrected chi connectivity index (χ3v) is 3.96. The summed E-state index contributed by atoms with van der Waals surface area (Å²) in [5.41, 5.74) is 0.380. The summed E-state index contributed by atoms with van der Waals surface area (Å²) in [4.78, 5) is 23.9. The van der Waals surface area contributed by atoms with E-state index in [9.17, 15) is 22.8 Å². The average Bonchev–Trinajstić information content (AvgIpc) is 2.70. The fourth-order valence-corrected chi connectivity index (χ4v) is 2.39. The molecule has 0 saturated carbocycles. The topological polar surface area (TPSA) is 64.6 Å². The number of hydrogen-bond acceptors (Lipinski definition) is 4. The number of nitrogens with one attached hydrogen (secondary N) is 1. The summed E-state index contributed by atoms with van der Waals surface area (Å²) in [7, 11) is 1.52. The zero-order chi connectivity index (χ0) is 21.4. The molecule has 0 aromatic heterocycles. The largest absolute Gasteiger partial charge is 0.496 e. The summed E-state index contributed by atoms with van der Waals surface area (Å²) in [5, 5.41) is 2.65. The highest BCUT2D eigenvalue weighted by Gasteiger charge is 2.29. The molecule has 0 saturated heterocycles. The number of ether oxygens (including phenoxy) is 2. The van der Waals surface area contributed by atoms with Gasteiger partial charge in [-0.25, -0.2) is 4.79 Å². The number of para-hydroxylation sites is 1. The molecule has 1 atom stereocenters. The lowest BCUT2D eigenvalue weighted by atomic mass is 10.1. The van der Waals surface area contributed by atoms with Gasteiger partial charge in [0, 0.05) is 18.2 Å². The van der Waals surface area contributed by atoms with E-state index in [2.05, 4.69) is 5.32 Å². The minimum absolute atomic E-state index is 0.201. The van der Waals surface area contributed by atoms with E-state index < -0.39 is 29.7 Å². The van der Waals surface area contributed by atoms with Crippen molar-refractivity contribution in [3.8, 4) is 5.75 Å². The molecule has 0 spiro atoms. The minimum atomic E-state index is -4.42. The summed E-state index contributed by atoms with van der Waals surface area (Å²) in [6.07, 6.45) is -3.11. The Balaban J connectivity index is 1.86. The molecule has 1 amide bonds. The minimum Gasteiger partial charge on any atom is -0.496 e. The fraction of sp³-hybridized carbons (Fsp3) is 0.238. The van der Waals surface area contributed by atoms with Crippen LogP contribution in [0.5, 0.6) is 5.75 Å². The SMILES string of the molecule is COc1ccccc1CNC(=O)[C@@H](C)OC(=O)/C=C/c1ccc(C(F)(F)F)cc1. The molecule has 2 aromatic rings. The van der Waals surface area contributed by atoms with Gasteiger partial charge < -0.3 is 14.8 Å². The van der Waals surface area contributed by atoms with Crippen LogP contribution in [0, 0.1) is 0 Å². The van der Waals surface area contributed by atoms with Gasteiger partial charge >= 0.3 is 12.1 Å². The van der Waals surface area contributed by atoms with Crippen LogP contribution in [0.2, 0.25) is 0 Å². The summed E-state index contributed by atoms with van der Waals surface area (Å²) < 4.78 is 47.8. The number of hydrogen-bond donors (Lipinski definition) is 1. The smallest absolute Gasteiger partial charge is 0.416 e. The Morgan fingerprint density at radius 2 is 1.76 bits per heavy atom. The van der Waals surface area contributed by atoms with E-state index in [4.69, 9.17) is 9.47 Å². The third kappa shape index (κ3) is 6.67. The van der Waals surface area contributed by atoms with Crippen molar-refractivity contribution in [2.45, 2.75) is 25.7 Å². The first kappa shape index (κ1) is 22.0. The second-order valence-corrected chi connectivity index (χ2v) is 6.06. The molecule has 0 heterocycles. The van der Waals surface area contributed by atoms with E-state index in [1.807, 2.05) is 0 Å². The number of halogens is 3. The van der Waals surface area contributed by atoms with Crippen molar-refractivity contribution in [2.75, 3.05) is 7.11 Å². The molecule has 2 aromatic carbocycles. The maximum atomic E-state index is 12.5. The van der Waals surface area contributed by atoms with Crippen molar-refractivity contribution in [1.29, 1.82) is 0 Å². The molecule has 0 unspecified atom stereocenters. The molecule has 0 fully saturated rings. The number of benzene rings is 2. The molecule has 5 nitrogen and oxygen atoms in total. The zero-order valence-electron chi connectivity index (χ0n) is 15.8. The number of alkyl halides is 3. The van der Waals surface area contributed by atoms with E-state index in [-0.39, 0.29) is 6.54 Å². The molecular weight excluding hydrogens is 387 g/mol. The monoisotopic (exact) mass is 407 g/mol. The number of amides is 1. The number of methoxy groups -OCH3 is 1. The van der Waals surface area contributed by atoms with Crippen LogP contribution in [-0.2, 0) is 27.0 Å². The average molecular weight is 407 g/mol. The Bertz CT molecular complexity index is 876. The summed E-state index contributed by atoms with van der Waals surface area (Å²) in [6, 6.07) is 11.5. The van der Waals surface area contributed by atoms with Crippen molar-refractivity contribution >= 4 is 18.0 Å². The number of esters is 1. The Kier molecular flexibility index (Phi) is 7.41. The quantitative estimate of drug-likeness (QED) is 0.557. The van der Waals surface area contributed by atoms with E-state index in [1.165, 1.54) is 32.2 Å². The van der Waals surface area contributed by atoms with E-state index in [0.717, 1.165) is 23.8 Å². The molecule has 0 aliphatic rings. The van der Waals surface area contributed by atoms with Gasteiger partial charge in [-0.1, -0.05) is 30.3 Å². The van der Waals surface area contributed by atoms with Crippen molar-refractivity contribution in [3.63, 3.8) is 0 Å². The lowest BCUT2D eigenvalue weighted by molar-refractivity contribution is -0.150. The van der Waals surface area contributed by atoms with E-state index >= 15 is 0 Å². The Morgan fingerprint density at radius 3 is 2.38 bits per heavy atom. The molecule has 2 rings (SSSR count). The molecule has 0 aliphatic carbocycles. The maximum Gasteiger partial charge on any atom is 0.416 e. The van der Waals surface area contributed by atoms with Gasteiger partial charge in [0.1, 0.15) is 5.75 Å². The van der Waals surface area contributed by atoms with Crippen molar-refractivity contribution in [3.05, 3.63) is 71.3 Å². The second-order valence-electron chi connectivity index (χ2n) is 6.06. The summed E-state index contributed by atoms with van der Waals surface area (Å²) >= 11 is 0. The Labute approximate surface area is 166 Å². The van der Waals surface area contributed by atoms with Gasteiger partial charge in [0.15, 0.2) is 6.10 Å². The van der Waals surface area contributed by atoms with Crippen molar-refractivity contribution < 1.29 is 32.2 Å². The highest BCUT2D eigenvalue weighted by atomic mass is 19.4. The van der Waals surface area contributed by atoms with E-state index in [0.29, 0.717) is 11.3 Å². The second kappa shape index (κ2) is 9.77. The first-order chi connectivity index (χ1) is 13.7. The van der Waals surface area contributed by atoms with Gasteiger partial charge in [0.2, 0.25) is 0 Å².